The first kappa shape index (κ1) is 24.2. The highest BCUT2D eigenvalue weighted by Gasteiger charge is 2.32. The van der Waals surface area contributed by atoms with Gasteiger partial charge in [0.05, 0.1) is 10.6 Å². The van der Waals surface area contributed by atoms with E-state index in [2.05, 4.69) is 31.9 Å². The second kappa shape index (κ2) is 10.6. The van der Waals surface area contributed by atoms with Gasteiger partial charge in [0.2, 0.25) is 0 Å². The Kier molecular flexibility index (Phi) is 7.74. The molecular weight excluding hydrogens is 464 g/mol. The second-order valence-electron chi connectivity index (χ2n) is 8.88. The van der Waals surface area contributed by atoms with Crippen molar-refractivity contribution in [1.82, 2.24) is 20.1 Å². The quantitative estimate of drug-likeness (QED) is 0.680. The average molecular weight is 494 g/mol. The molecule has 3 heterocycles. The number of carbonyl (C=O) groups excluding carboxylic acids is 1. The summed E-state index contributed by atoms with van der Waals surface area (Å²) in [6.07, 6.45) is 3.78. The van der Waals surface area contributed by atoms with Crippen LogP contribution in [-0.2, 0) is 6.54 Å². The lowest BCUT2D eigenvalue weighted by atomic mass is 9.99. The van der Waals surface area contributed by atoms with Gasteiger partial charge < -0.3 is 10.2 Å². The van der Waals surface area contributed by atoms with E-state index in [4.69, 9.17) is 23.2 Å². The minimum absolute atomic E-state index is 0.192. The Morgan fingerprint density at radius 1 is 1.15 bits per heavy atom. The van der Waals surface area contributed by atoms with Crippen LogP contribution in [0.25, 0.3) is 0 Å². The number of nitrogens with zero attached hydrogens (tertiary/aromatic N) is 4. The summed E-state index contributed by atoms with van der Waals surface area (Å²) in [6, 6.07) is 7.24. The summed E-state index contributed by atoms with van der Waals surface area (Å²) < 4.78 is 13.3. The van der Waals surface area contributed by atoms with Gasteiger partial charge in [0.1, 0.15) is 11.6 Å². The molecule has 1 atom stereocenters. The predicted octanol–water partition coefficient (Wildman–Crippen LogP) is 4.06. The van der Waals surface area contributed by atoms with E-state index in [1.807, 2.05) is 0 Å². The molecule has 0 radical (unpaired) electrons. The van der Waals surface area contributed by atoms with Gasteiger partial charge in [-0.3, -0.25) is 14.6 Å². The molecule has 6 nitrogen and oxygen atoms in total. The molecule has 2 aromatic rings. The molecule has 178 valence electrons. The van der Waals surface area contributed by atoms with Crippen LogP contribution in [0.5, 0.6) is 0 Å². The van der Waals surface area contributed by atoms with Gasteiger partial charge in [-0.25, -0.2) is 9.37 Å². The standard InChI is InChI=1S/C24H30Cl2FN5O/c1-16-14-31(23-22(26)11-18(13-29-23)24(33)28-2)9-10-32(16)20-5-7-30(8-6-20)15-17-3-4-19(27)12-21(17)25/h3-4,11-13,16,20H,5-10,14-15H2,1-2H3,(H,28,33)/t16-/m0/s1. The van der Waals surface area contributed by atoms with Crippen molar-refractivity contribution in [2.24, 2.45) is 0 Å². The first-order valence-corrected chi connectivity index (χ1v) is 12.2. The summed E-state index contributed by atoms with van der Waals surface area (Å²) in [7, 11) is 1.59. The number of benzene rings is 1. The van der Waals surface area contributed by atoms with Gasteiger partial charge in [0.25, 0.3) is 5.91 Å². The molecule has 1 amide bonds. The molecule has 2 saturated heterocycles. The van der Waals surface area contributed by atoms with Crippen LogP contribution in [0.4, 0.5) is 10.2 Å². The van der Waals surface area contributed by atoms with Crippen LogP contribution < -0.4 is 10.2 Å². The Labute approximate surface area is 204 Å². The Bertz CT molecular complexity index is 999. The molecule has 4 rings (SSSR count). The summed E-state index contributed by atoms with van der Waals surface area (Å²) in [5.74, 6) is 0.249. The smallest absolute Gasteiger partial charge is 0.252 e. The first-order valence-electron chi connectivity index (χ1n) is 11.4. The molecule has 2 fully saturated rings. The Morgan fingerprint density at radius 3 is 2.55 bits per heavy atom. The number of hydrogen-bond acceptors (Lipinski definition) is 5. The molecule has 0 saturated carbocycles. The van der Waals surface area contributed by atoms with Gasteiger partial charge in [-0.15, -0.1) is 0 Å². The highest BCUT2D eigenvalue weighted by molar-refractivity contribution is 6.33. The van der Waals surface area contributed by atoms with Gasteiger partial charge in [0.15, 0.2) is 0 Å². The largest absolute Gasteiger partial charge is 0.355 e. The lowest BCUT2D eigenvalue weighted by Gasteiger charge is -2.47. The minimum atomic E-state index is -0.297. The number of pyridine rings is 1. The number of anilines is 1. The third-order valence-corrected chi connectivity index (χ3v) is 7.35. The van der Waals surface area contributed by atoms with Crippen molar-refractivity contribution < 1.29 is 9.18 Å². The number of piperazine rings is 1. The molecule has 0 aliphatic carbocycles. The van der Waals surface area contributed by atoms with Crippen molar-refractivity contribution in [3.05, 3.63) is 57.5 Å². The first-order chi connectivity index (χ1) is 15.9. The maximum Gasteiger partial charge on any atom is 0.252 e. The number of amides is 1. The maximum atomic E-state index is 13.3. The fourth-order valence-corrected chi connectivity index (χ4v) is 5.45. The third-order valence-electron chi connectivity index (χ3n) is 6.72. The maximum absolute atomic E-state index is 13.3. The van der Waals surface area contributed by atoms with Gasteiger partial charge in [-0.1, -0.05) is 29.3 Å². The summed E-state index contributed by atoms with van der Waals surface area (Å²) in [5.41, 5.74) is 1.44. The van der Waals surface area contributed by atoms with Crippen LogP contribution in [0.3, 0.4) is 0 Å². The number of nitrogens with one attached hydrogen (secondary N) is 1. The Hall–Kier alpha value is -1.93. The molecule has 0 spiro atoms. The van der Waals surface area contributed by atoms with Gasteiger partial charge in [0, 0.05) is 56.5 Å². The number of aromatic nitrogens is 1. The monoisotopic (exact) mass is 493 g/mol. The van der Waals surface area contributed by atoms with Crippen molar-refractivity contribution in [2.75, 3.05) is 44.7 Å². The number of piperidine rings is 1. The molecule has 2 aliphatic rings. The number of halogens is 3. The molecule has 9 heteroatoms. The van der Waals surface area contributed by atoms with E-state index >= 15 is 0 Å². The SMILES string of the molecule is CNC(=O)c1cnc(N2CCN(C3CCN(Cc4ccc(F)cc4Cl)CC3)[C@@H](C)C2)c(Cl)c1. The molecule has 2 aliphatic heterocycles. The van der Waals surface area contributed by atoms with Crippen LogP contribution in [-0.4, -0.2) is 72.5 Å². The Balaban J connectivity index is 1.31. The van der Waals surface area contributed by atoms with Crippen LogP contribution in [0.2, 0.25) is 10.0 Å². The van der Waals surface area contributed by atoms with Crippen molar-refractivity contribution in [1.29, 1.82) is 0 Å². The van der Waals surface area contributed by atoms with Gasteiger partial charge in [-0.2, -0.15) is 0 Å². The van der Waals surface area contributed by atoms with Gasteiger partial charge in [-0.05, 0) is 56.6 Å². The topological polar surface area (TPSA) is 51.7 Å². The van der Waals surface area contributed by atoms with Gasteiger partial charge >= 0.3 is 0 Å². The number of hydrogen-bond donors (Lipinski definition) is 1. The number of rotatable bonds is 5. The van der Waals surface area contributed by atoms with E-state index in [0.717, 1.165) is 63.5 Å². The van der Waals surface area contributed by atoms with Crippen molar-refractivity contribution in [3.63, 3.8) is 0 Å². The molecule has 1 aromatic carbocycles. The van der Waals surface area contributed by atoms with E-state index in [-0.39, 0.29) is 11.7 Å². The highest BCUT2D eigenvalue weighted by atomic mass is 35.5. The summed E-state index contributed by atoms with van der Waals surface area (Å²) in [5, 5.41) is 3.60. The molecule has 1 aromatic heterocycles. The van der Waals surface area contributed by atoms with E-state index in [9.17, 15) is 9.18 Å². The number of carbonyl (C=O) groups is 1. The normalized spacial score (nSPS) is 20.8. The third kappa shape index (κ3) is 5.60. The molecule has 0 unspecified atom stereocenters. The van der Waals surface area contributed by atoms with Crippen LogP contribution in [0, 0.1) is 5.82 Å². The lowest BCUT2D eigenvalue weighted by Crippen LogP contribution is -2.57. The highest BCUT2D eigenvalue weighted by Crippen LogP contribution is 2.29. The van der Waals surface area contributed by atoms with Crippen LogP contribution in [0.1, 0.15) is 35.7 Å². The van der Waals surface area contributed by atoms with Crippen molar-refractivity contribution >= 4 is 34.9 Å². The van der Waals surface area contributed by atoms with E-state index in [0.29, 0.717) is 27.7 Å². The van der Waals surface area contributed by atoms with Crippen LogP contribution in [0.15, 0.2) is 30.5 Å². The zero-order valence-corrected chi connectivity index (χ0v) is 20.5. The molecule has 1 N–H and O–H groups in total. The lowest BCUT2D eigenvalue weighted by molar-refractivity contribution is 0.0690. The zero-order chi connectivity index (χ0) is 23.5. The number of likely N-dealkylation sites (tertiary alicyclic amines) is 1. The fraction of sp³-hybridized carbons (Fsp3) is 0.500. The second-order valence-corrected chi connectivity index (χ2v) is 9.70. The summed E-state index contributed by atoms with van der Waals surface area (Å²) in [6.45, 7) is 7.65. The van der Waals surface area contributed by atoms with E-state index in [1.54, 1.807) is 25.4 Å². The van der Waals surface area contributed by atoms with E-state index < -0.39 is 0 Å². The summed E-state index contributed by atoms with van der Waals surface area (Å²) >= 11 is 12.7. The van der Waals surface area contributed by atoms with Crippen LogP contribution >= 0.6 is 23.2 Å². The summed E-state index contributed by atoms with van der Waals surface area (Å²) in [4.78, 5) is 23.5. The minimum Gasteiger partial charge on any atom is -0.355 e. The Morgan fingerprint density at radius 2 is 1.91 bits per heavy atom. The zero-order valence-electron chi connectivity index (χ0n) is 19.0. The van der Waals surface area contributed by atoms with E-state index in [1.165, 1.54) is 12.1 Å². The van der Waals surface area contributed by atoms with Crippen molar-refractivity contribution in [3.8, 4) is 0 Å². The molecular formula is C24H30Cl2FN5O. The fourth-order valence-electron chi connectivity index (χ4n) is 4.94. The molecule has 0 bridgehead atoms. The van der Waals surface area contributed by atoms with Crippen molar-refractivity contribution in [2.45, 2.75) is 38.4 Å². The average Bonchev–Trinajstić information content (AvgIpc) is 2.81. The predicted molar refractivity (Wildman–Crippen MR) is 131 cm³/mol. The molecule has 33 heavy (non-hydrogen) atoms.